The highest BCUT2D eigenvalue weighted by Gasteiger charge is 2.22. The number of hydrogen-bond donors (Lipinski definition) is 2. The number of rotatable bonds is 6. The van der Waals surface area contributed by atoms with Crippen molar-refractivity contribution < 1.29 is 13.5 Å². The molecule has 0 aliphatic carbocycles. The van der Waals surface area contributed by atoms with E-state index in [1.165, 1.54) is 11.3 Å². The summed E-state index contributed by atoms with van der Waals surface area (Å²) in [5.41, 5.74) is 1.66. The third-order valence-corrected chi connectivity index (χ3v) is 6.18. The first kappa shape index (κ1) is 16.5. The number of aliphatic hydroxyl groups excluding tert-OH is 1. The predicted octanol–water partition coefficient (Wildman–Crippen LogP) is 2.72. The minimum Gasteiger partial charge on any atom is -0.391 e. The number of hydrogen-bond acceptors (Lipinski definition) is 4. The number of sulfonamides is 1. The average Bonchev–Trinajstić information content (AvgIpc) is 2.83. The van der Waals surface area contributed by atoms with Gasteiger partial charge in [-0.05, 0) is 42.0 Å². The van der Waals surface area contributed by atoms with Gasteiger partial charge in [0, 0.05) is 11.6 Å². The molecule has 2 aromatic rings. The van der Waals surface area contributed by atoms with Gasteiger partial charge < -0.3 is 5.11 Å². The van der Waals surface area contributed by atoms with Crippen molar-refractivity contribution in [2.24, 2.45) is 0 Å². The van der Waals surface area contributed by atoms with Crippen LogP contribution in [0.4, 0.5) is 0 Å². The van der Waals surface area contributed by atoms with Gasteiger partial charge in [-0.3, -0.25) is 0 Å². The van der Waals surface area contributed by atoms with Crippen molar-refractivity contribution in [3.05, 3.63) is 50.7 Å². The second kappa shape index (κ2) is 6.89. The summed E-state index contributed by atoms with van der Waals surface area (Å²) < 4.78 is 27.2. The summed E-state index contributed by atoms with van der Waals surface area (Å²) in [4.78, 5) is 0.664. The van der Waals surface area contributed by atoms with Crippen molar-refractivity contribution in [2.45, 2.75) is 24.8 Å². The molecule has 2 rings (SSSR count). The number of nitrogens with one attached hydrogen (secondary N) is 1. The Hall–Kier alpha value is -0.920. The molecule has 0 aliphatic rings. The van der Waals surface area contributed by atoms with Gasteiger partial charge in [0.2, 0.25) is 10.0 Å². The summed E-state index contributed by atoms with van der Waals surface area (Å²) in [6, 6.07) is 7.29. The normalized spacial score (nSPS) is 11.8. The molecule has 7 heteroatoms. The molecule has 1 heterocycles. The van der Waals surface area contributed by atoms with Gasteiger partial charge in [0.15, 0.2) is 0 Å². The lowest BCUT2D eigenvalue weighted by Gasteiger charge is -2.08. The number of aryl methyl sites for hydroxylation is 1. The standard InChI is InChI=1S/C14H16ClNO3S2/c1-10-9-20-13(8-17)14(10)21(18,19)16-7-6-11-2-4-12(15)5-3-11/h2-5,9,16-17H,6-8H2,1H3. The Morgan fingerprint density at radius 2 is 1.95 bits per heavy atom. The lowest BCUT2D eigenvalue weighted by molar-refractivity contribution is 0.282. The van der Waals surface area contributed by atoms with Crippen molar-refractivity contribution in [1.29, 1.82) is 0 Å². The van der Waals surface area contributed by atoms with Crippen molar-refractivity contribution >= 4 is 33.0 Å². The summed E-state index contributed by atoms with van der Waals surface area (Å²) in [6.45, 7) is 1.75. The molecule has 0 saturated heterocycles. The maximum absolute atomic E-state index is 12.3. The van der Waals surface area contributed by atoms with Crippen LogP contribution in [0.3, 0.4) is 0 Å². The molecule has 0 spiro atoms. The quantitative estimate of drug-likeness (QED) is 0.846. The van der Waals surface area contributed by atoms with E-state index in [0.29, 0.717) is 28.4 Å². The zero-order chi connectivity index (χ0) is 15.5. The van der Waals surface area contributed by atoms with E-state index in [0.717, 1.165) is 5.56 Å². The largest absolute Gasteiger partial charge is 0.391 e. The number of aliphatic hydroxyl groups is 1. The maximum Gasteiger partial charge on any atom is 0.242 e. The molecule has 1 aromatic heterocycles. The molecule has 1 aromatic carbocycles. The van der Waals surface area contributed by atoms with E-state index in [4.69, 9.17) is 11.6 Å². The van der Waals surface area contributed by atoms with E-state index >= 15 is 0 Å². The Bertz CT molecular complexity index is 708. The minimum atomic E-state index is -3.59. The summed E-state index contributed by atoms with van der Waals surface area (Å²) >= 11 is 7.05. The fraction of sp³-hybridized carbons (Fsp3) is 0.286. The molecule has 0 unspecified atom stereocenters. The van der Waals surface area contributed by atoms with E-state index in [1.807, 2.05) is 12.1 Å². The van der Waals surface area contributed by atoms with Crippen LogP contribution in [0.15, 0.2) is 34.5 Å². The topological polar surface area (TPSA) is 66.4 Å². The zero-order valence-electron chi connectivity index (χ0n) is 11.5. The minimum absolute atomic E-state index is 0.200. The first-order chi connectivity index (χ1) is 9.94. The van der Waals surface area contributed by atoms with Gasteiger partial charge in [-0.25, -0.2) is 13.1 Å². The monoisotopic (exact) mass is 345 g/mol. The Morgan fingerprint density at radius 3 is 2.57 bits per heavy atom. The van der Waals surface area contributed by atoms with Crippen LogP contribution in [0.5, 0.6) is 0 Å². The van der Waals surface area contributed by atoms with Crippen molar-refractivity contribution in [3.63, 3.8) is 0 Å². The van der Waals surface area contributed by atoms with E-state index in [2.05, 4.69) is 4.72 Å². The van der Waals surface area contributed by atoms with Gasteiger partial charge >= 0.3 is 0 Å². The van der Waals surface area contributed by atoms with Crippen LogP contribution in [0, 0.1) is 6.92 Å². The van der Waals surface area contributed by atoms with E-state index in [-0.39, 0.29) is 11.5 Å². The van der Waals surface area contributed by atoms with Crippen LogP contribution < -0.4 is 4.72 Å². The smallest absolute Gasteiger partial charge is 0.242 e. The van der Waals surface area contributed by atoms with Gasteiger partial charge in [-0.2, -0.15) is 0 Å². The maximum atomic E-state index is 12.3. The van der Waals surface area contributed by atoms with Gasteiger partial charge in [0.25, 0.3) is 0 Å². The SMILES string of the molecule is Cc1csc(CO)c1S(=O)(=O)NCCc1ccc(Cl)cc1. The van der Waals surface area contributed by atoms with Crippen molar-refractivity contribution in [2.75, 3.05) is 6.54 Å². The summed E-state index contributed by atoms with van der Waals surface area (Å²) in [6.07, 6.45) is 0.577. The number of benzene rings is 1. The second-order valence-electron chi connectivity index (χ2n) is 4.60. The fourth-order valence-electron chi connectivity index (χ4n) is 2.01. The molecular weight excluding hydrogens is 330 g/mol. The molecule has 0 radical (unpaired) electrons. The van der Waals surface area contributed by atoms with Gasteiger partial charge in [-0.1, -0.05) is 23.7 Å². The van der Waals surface area contributed by atoms with E-state index < -0.39 is 10.0 Å². The molecule has 0 saturated carbocycles. The second-order valence-corrected chi connectivity index (χ2v) is 7.71. The third kappa shape index (κ3) is 4.05. The Morgan fingerprint density at radius 1 is 1.29 bits per heavy atom. The highest BCUT2D eigenvalue weighted by molar-refractivity contribution is 7.89. The van der Waals surface area contributed by atoms with E-state index in [9.17, 15) is 13.5 Å². The van der Waals surface area contributed by atoms with Crippen molar-refractivity contribution in [3.8, 4) is 0 Å². The van der Waals surface area contributed by atoms with E-state index in [1.54, 1.807) is 24.4 Å². The van der Waals surface area contributed by atoms with Gasteiger partial charge in [0.1, 0.15) is 4.90 Å². The van der Waals surface area contributed by atoms with Crippen molar-refractivity contribution in [1.82, 2.24) is 4.72 Å². The molecule has 4 nitrogen and oxygen atoms in total. The highest BCUT2D eigenvalue weighted by Crippen LogP contribution is 2.26. The Labute approximate surface area is 133 Å². The van der Waals surface area contributed by atoms with Crippen LogP contribution in [0.25, 0.3) is 0 Å². The van der Waals surface area contributed by atoms with Crippen LogP contribution in [-0.2, 0) is 23.1 Å². The lowest BCUT2D eigenvalue weighted by Crippen LogP contribution is -2.27. The van der Waals surface area contributed by atoms with Crippen LogP contribution >= 0.6 is 22.9 Å². The molecule has 0 atom stereocenters. The molecule has 0 aliphatic heterocycles. The average molecular weight is 346 g/mol. The Balaban J connectivity index is 2.04. The summed E-state index contributed by atoms with van der Waals surface area (Å²) in [7, 11) is -3.59. The van der Waals surface area contributed by atoms with Crippen LogP contribution in [-0.4, -0.2) is 20.1 Å². The molecule has 21 heavy (non-hydrogen) atoms. The number of thiophene rings is 1. The van der Waals surface area contributed by atoms with Gasteiger partial charge in [-0.15, -0.1) is 11.3 Å². The molecule has 0 bridgehead atoms. The molecule has 2 N–H and O–H groups in total. The predicted molar refractivity (Wildman–Crippen MR) is 85.3 cm³/mol. The molecule has 0 fully saturated rings. The highest BCUT2D eigenvalue weighted by atomic mass is 35.5. The first-order valence-electron chi connectivity index (χ1n) is 6.36. The summed E-state index contributed by atoms with van der Waals surface area (Å²) in [5.74, 6) is 0. The first-order valence-corrected chi connectivity index (χ1v) is 9.10. The molecule has 114 valence electrons. The zero-order valence-corrected chi connectivity index (χ0v) is 13.9. The fourth-order valence-corrected chi connectivity index (χ4v) is 4.83. The van der Waals surface area contributed by atoms with Crippen LogP contribution in [0.1, 0.15) is 16.0 Å². The third-order valence-electron chi connectivity index (χ3n) is 3.02. The molecule has 0 amide bonds. The number of halogens is 1. The summed E-state index contributed by atoms with van der Waals surface area (Å²) in [5, 5.41) is 11.6. The lowest BCUT2D eigenvalue weighted by atomic mass is 10.2. The molecular formula is C14H16ClNO3S2. The van der Waals surface area contributed by atoms with Gasteiger partial charge in [0.05, 0.1) is 11.5 Å². The van der Waals surface area contributed by atoms with Crippen LogP contribution in [0.2, 0.25) is 5.02 Å². The Kier molecular flexibility index (Phi) is 5.40.